The number of aryl methyl sites for hydroxylation is 1. The van der Waals surface area contributed by atoms with Crippen LogP contribution in [-0.2, 0) is 0 Å². The molecule has 2 fully saturated rings. The fourth-order valence-electron chi connectivity index (χ4n) is 4.30. The zero-order valence-electron chi connectivity index (χ0n) is 14.6. The smallest absolute Gasteiger partial charge is 0.220 e. The SMILES string of the molecule is Cc1cc(-c2ccnc(N)n2)ccc1N1CC2CC1CN2C(C)C. The maximum atomic E-state index is 5.71. The zero-order chi connectivity index (χ0) is 16.8. The monoisotopic (exact) mass is 323 g/mol. The van der Waals surface area contributed by atoms with Crippen LogP contribution in [0.5, 0.6) is 0 Å². The number of aromatic nitrogens is 2. The van der Waals surface area contributed by atoms with Gasteiger partial charge in [0.2, 0.25) is 5.95 Å². The first kappa shape index (κ1) is 15.4. The molecule has 2 aliphatic heterocycles. The van der Waals surface area contributed by atoms with Crippen LogP contribution in [-0.4, -0.2) is 46.1 Å². The highest BCUT2D eigenvalue weighted by Crippen LogP contribution is 2.37. The molecule has 0 saturated carbocycles. The molecular weight excluding hydrogens is 298 g/mol. The first-order valence-corrected chi connectivity index (χ1v) is 8.75. The average Bonchev–Trinajstić information content (AvgIpc) is 3.15. The second-order valence-corrected chi connectivity index (χ2v) is 7.29. The Balaban J connectivity index is 1.58. The molecule has 1 aromatic heterocycles. The largest absolute Gasteiger partial charge is 0.368 e. The van der Waals surface area contributed by atoms with Crippen molar-refractivity contribution in [2.24, 2.45) is 0 Å². The van der Waals surface area contributed by atoms with Crippen LogP contribution in [0.25, 0.3) is 11.3 Å². The summed E-state index contributed by atoms with van der Waals surface area (Å²) in [7, 11) is 0. The summed E-state index contributed by atoms with van der Waals surface area (Å²) in [6.45, 7) is 9.13. The second-order valence-electron chi connectivity index (χ2n) is 7.29. The molecule has 2 aromatic rings. The zero-order valence-corrected chi connectivity index (χ0v) is 14.6. The predicted molar refractivity (Wildman–Crippen MR) is 98.0 cm³/mol. The molecule has 2 unspecified atom stereocenters. The van der Waals surface area contributed by atoms with E-state index in [1.54, 1.807) is 6.20 Å². The third-order valence-electron chi connectivity index (χ3n) is 5.42. The van der Waals surface area contributed by atoms with E-state index in [-0.39, 0.29) is 0 Å². The van der Waals surface area contributed by atoms with E-state index in [1.165, 1.54) is 24.2 Å². The molecule has 2 saturated heterocycles. The highest BCUT2D eigenvalue weighted by atomic mass is 15.4. The third kappa shape index (κ3) is 2.53. The molecule has 4 rings (SSSR count). The Kier molecular flexibility index (Phi) is 3.68. The van der Waals surface area contributed by atoms with Crippen molar-refractivity contribution in [1.82, 2.24) is 14.9 Å². The summed E-state index contributed by atoms with van der Waals surface area (Å²) in [6, 6.07) is 10.5. The number of hydrogen-bond acceptors (Lipinski definition) is 5. The minimum atomic E-state index is 0.319. The second kappa shape index (κ2) is 5.74. The standard InChI is InChI=1S/C19H25N5/c1-12(2)23-10-16-9-15(23)11-24(16)18-5-4-14(8-13(18)3)17-6-7-21-19(20)22-17/h4-8,12,15-16H,9-11H2,1-3H3,(H2,20,21,22). The fraction of sp³-hybridized carbons (Fsp3) is 0.474. The van der Waals surface area contributed by atoms with Gasteiger partial charge in [0, 0.05) is 48.7 Å². The molecule has 1 aromatic carbocycles. The fourth-order valence-corrected chi connectivity index (χ4v) is 4.30. The summed E-state index contributed by atoms with van der Waals surface area (Å²) in [5, 5.41) is 0. The van der Waals surface area contributed by atoms with Gasteiger partial charge in [0.05, 0.1) is 5.69 Å². The number of nitrogen functional groups attached to an aromatic ring is 1. The van der Waals surface area contributed by atoms with E-state index in [0.29, 0.717) is 24.1 Å². The maximum Gasteiger partial charge on any atom is 0.220 e. The van der Waals surface area contributed by atoms with Gasteiger partial charge in [-0.15, -0.1) is 0 Å². The number of rotatable bonds is 3. The lowest BCUT2D eigenvalue weighted by atomic mass is 10.1. The Bertz CT molecular complexity index is 757. The molecule has 5 nitrogen and oxygen atoms in total. The Morgan fingerprint density at radius 3 is 2.62 bits per heavy atom. The summed E-state index contributed by atoms with van der Waals surface area (Å²) in [5.74, 6) is 0.319. The Hall–Kier alpha value is -2.14. The Morgan fingerprint density at radius 1 is 1.17 bits per heavy atom. The van der Waals surface area contributed by atoms with Crippen molar-refractivity contribution in [3.05, 3.63) is 36.0 Å². The van der Waals surface area contributed by atoms with Gasteiger partial charge in [-0.05, 0) is 51.0 Å². The molecule has 0 amide bonds. The van der Waals surface area contributed by atoms with Crippen molar-refractivity contribution >= 4 is 11.6 Å². The lowest BCUT2D eigenvalue weighted by Gasteiger charge is -2.38. The highest BCUT2D eigenvalue weighted by molar-refractivity contribution is 5.67. The van der Waals surface area contributed by atoms with Crippen LogP contribution in [0.1, 0.15) is 25.8 Å². The summed E-state index contributed by atoms with van der Waals surface area (Å²) < 4.78 is 0. The summed E-state index contributed by atoms with van der Waals surface area (Å²) in [5.41, 5.74) is 10.3. The first-order chi connectivity index (χ1) is 11.5. The maximum absolute atomic E-state index is 5.71. The molecule has 2 N–H and O–H groups in total. The average molecular weight is 323 g/mol. The molecule has 2 bridgehead atoms. The number of piperazine rings is 1. The normalized spacial score (nSPS) is 23.4. The number of nitrogens with zero attached hydrogens (tertiary/aromatic N) is 4. The topological polar surface area (TPSA) is 58.3 Å². The minimum absolute atomic E-state index is 0.319. The number of benzene rings is 1. The molecular formula is C19H25N5. The van der Waals surface area contributed by atoms with E-state index in [0.717, 1.165) is 17.8 Å². The number of fused-ring (bicyclic) bond motifs is 2. The predicted octanol–water partition coefficient (Wildman–Crippen LogP) is 2.71. The molecule has 0 aliphatic carbocycles. The van der Waals surface area contributed by atoms with Crippen molar-refractivity contribution in [3.63, 3.8) is 0 Å². The van der Waals surface area contributed by atoms with E-state index in [2.05, 4.69) is 58.7 Å². The summed E-state index contributed by atoms with van der Waals surface area (Å²) >= 11 is 0. The van der Waals surface area contributed by atoms with Crippen molar-refractivity contribution in [2.45, 2.75) is 45.3 Å². The van der Waals surface area contributed by atoms with Gasteiger partial charge >= 0.3 is 0 Å². The lowest BCUT2D eigenvalue weighted by molar-refractivity contribution is 0.191. The van der Waals surface area contributed by atoms with Gasteiger partial charge < -0.3 is 10.6 Å². The molecule has 2 atom stereocenters. The van der Waals surface area contributed by atoms with Gasteiger partial charge in [-0.3, -0.25) is 4.90 Å². The molecule has 126 valence electrons. The van der Waals surface area contributed by atoms with E-state index in [9.17, 15) is 0 Å². The number of hydrogen-bond donors (Lipinski definition) is 1. The minimum Gasteiger partial charge on any atom is -0.368 e. The summed E-state index contributed by atoms with van der Waals surface area (Å²) in [4.78, 5) is 13.5. The van der Waals surface area contributed by atoms with E-state index >= 15 is 0 Å². The van der Waals surface area contributed by atoms with Crippen LogP contribution in [0, 0.1) is 6.92 Å². The van der Waals surface area contributed by atoms with Gasteiger partial charge in [-0.1, -0.05) is 6.07 Å². The molecule has 0 radical (unpaired) electrons. The quantitative estimate of drug-likeness (QED) is 0.941. The van der Waals surface area contributed by atoms with E-state index in [4.69, 9.17) is 5.73 Å². The van der Waals surface area contributed by atoms with Gasteiger partial charge in [0.25, 0.3) is 0 Å². The van der Waals surface area contributed by atoms with Gasteiger partial charge in [-0.2, -0.15) is 0 Å². The molecule has 3 heterocycles. The highest BCUT2D eigenvalue weighted by Gasteiger charge is 2.44. The van der Waals surface area contributed by atoms with E-state index < -0.39 is 0 Å². The summed E-state index contributed by atoms with van der Waals surface area (Å²) in [6.07, 6.45) is 3.00. The van der Waals surface area contributed by atoms with Crippen molar-refractivity contribution < 1.29 is 0 Å². The molecule has 2 aliphatic rings. The molecule has 5 heteroatoms. The lowest BCUT2D eigenvalue weighted by Crippen LogP contribution is -2.49. The van der Waals surface area contributed by atoms with Gasteiger partial charge in [-0.25, -0.2) is 9.97 Å². The Labute approximate surface area is 143 Å². The first-order valence-electron chi connectivity index (χ1n) is 8.75. The van der Waals surface area contributed by atoms with Crippen molar-refractivity contribution in [2.75, 3.05) is 23.7 Å². The van der Waals surface area contributed by atoms with Crippen LogP contribution < -0.4 is 10.6 Å². The number of likely N-dealkylation sites (tertiary alicyclic amines) is 1. The van der Waals surface area contributed by atoms with E-state index in [1.807, 2.05) is 6.07 Å². The van der Waals surface area contributed by atoms with Gasteiger partial charge in [0.1, 0.15) is 0 Å². The van der Waals surface area contributed by atoms with Crippen LogP contribution in [0.15, 0.2) is 30.5 Å². The van der Waals surface area contributed by atoms with Crippen molar-refractivity contribution in [1.29, 1.82) is 0 Å². The van der Waals surface area contributed by atoms with Crippen LogP contribution >= 0.6 is 0 Å². The van der Waals surface area contributed by atoms with Crippen LogP contribution in [0.3, 0.4) is 0 Å². The number of anilines is 2. The molecule has 24 heavy (non-hydrogen) atoms. The number of nitrogens with two attached hydrogens (primary N) is 1. The van der Waals surface area contributed by atoms with Gasteiger partial charge in [0.15, 0.2) is 0 Å². The van der Waals surface area contributed by atoms with Crippen LogP contribution in [0.4, 0.5) is 11.6 Å². The molecule has 0 spiro atoms. The third-order valence-corrected chi connectivity index (χ3v) is 5.42. The van der Waals surface area contributed by atoms with Crippen LogP contribution in [0.2, 0.25) is 0 Å². The van der Waals surface area contributed by atoms with Crippen molar-refractivity contribution in [3.8, 4) is 11.3 Å². The Morgan fingerprint density at radius 2 is 2.00 bits per heavy atom.